The minimum atomic E-state index is -3.16. The molecule has 0 bridgehead atoms. The molecule has 3 rings (SSSR count). The highest BCUT2D eigenvalue weighted by atomic mass is 32.2. The van der Waals surface area contributed by atoms with Crippen LogP contribution in [0.5, 0.6) is 0 Å². The quantitative estimate of drug-likeness (QED) is 0.881. The monoisotopic (exact) mass is 338 g/mol. The number of likely N-dealkylation sites (tertiary alicyclic amines) is 1. The molecule has 5 nitrogen and oxygen atoms in total. The summed E-state index contributed by atoms with van der Waals surface area (Å²) in [6.07, 6.45) is 2.33. The summed E-state index contributed by atoms with van der Waals surface area (Å²) in [5.74, 6) is 0.985. The number of hydrogen-bond donors (Lipinski definition) is 1. The van der Waals surface area contributed by atoms with Crippen LogP contribution in [-0.2, 0) is 21.3 Å². The van der Waals surface area contributed by atoms with Gasteiger partial charge in [-0.3, -0.25) is 4.90 Å². The van der Waals surface area contributed by atoms with E-state index in [0.29, 0.717) is 18.4 Å². The molecule has 0 amide bonds. The molecule has 2 fully saturated rings. The number of aryl methyl sites for hydroxylation is 1. The molecule has 0 radical (unpaired) electrons. The maximum atomic E-state index is 11.3. The molecule has 0 spiro atoms. The van der Waals surface area contributed by atoms with Crippen molar-refractivity contribution in [3.63, 3.8) is 0 Å². The summed E-state index contributed by atoms with van der Waals surface area (Å²) in [4.78, 5) is 2.47. The third kappa shape index (κ3) is 4.53. The van der Waals surface area contributed by atoms with E-state index in [1.54, 1.807) is 0 Å². The molecule has 2 aliphatic rings. The van der Waals surface area contributed by atoms with Crippen molar-refractivity contribution in [1.29, 1.82) is 0 Å². The third-order valence-electron chi connectivity index (χ3n) is 4.97. The molecule has 2 saturated heterocycles. The largest absolute Gasteiger partial charge is 0.376 e. The van der Waals surface area contributed by atoms with Gasteiger partial charge in [-0.15, -0.1) is 0 Å². The molecule has 1 N–H and O–H groups in total. The number of benzene rings is 1. The molecule has 23 heavy (non-hydrogen) atoms. The first kappa shape index (κ1) is 16.9. The Labute approximate surface area is 139 Å². The fourth-order valence-electron chi connectivity index (χ4n) is 3.64. The smallest absolute Gasteiger partial charge is 0.208 e. The van der Waals surface area contributed by atoms with Gasteiger partial charge in [0.2, 0.25) is 10.0 Å². The number of ether oxygens (including phenoxy) is 1. The van der Waals surface area contributed by atoms with Gasteiger partial charge in [-0.2, -0.15) is 0 Å². The fourth-order valence-corrected chi connectivity index (χ4v) is 4.11. The van der Waals surface area contributed by atoms with Crippen LogP contribution in [0.25, 0.3) is 0 Å². The summed E-state index contributed by atoms with van der Waals surface area (Å²) in [7, 11) is -3.16. The summed E-state index contributed by atoms with van der Waals surface area (Å²) in [6, 6.07) is 8.68. The standard InChI is InChI=1S/C17H26N2O3S/c1-13-3-5-14(6-4-13)10-19-8-7-15-12-22-17(16(15)11-19)9-18-23(2,20)21/h3-6,15-18H,7-12H2,1-2H3/t15-,16-,17+/m0/s1. The molecule has 128 valence electrons. The van der Waals surface area contributed by atoms with Crippen LogP contribution in [-0.4, -0.2) is 51.9 Å². The molecule has 3 atom stereocenters. The topological polar surface area (TPSA) is 58.6 Å². The van der Waals surface area contributed by atoms with E-state index in [1.807, 2.05) is 0 Å². The zero-order chi connectivity index (χ0) is 16.4. The molecular weight excluding hydrogens is 312 g/mol. The molecule has 0 aliphatic carbocycles. The first-order valence-corrected chi connectivity index (χ1v) is 10.1. The van der Waals surface area contributed by atoms with Gasteiger partial charge in [0.25, 0.3) is 0 Å². The Morgan fingerprint density at radius 1 is 1.30 bits per heavy atom. The van der Waals surface area contributed by atoms with Gasteiger partial charge in [-0.25, -0.2) is 13.1 Å². The van der Waals surface area contributed by atoms with E-state index in [1.165, 1.54) is 17.4 Å². The van der Waals surface area contributed by atoms with Crippen molar-refractivity contribution >= 4 is 10.0 Å². The first-order valence-electron chi connectivity index (χ1n) is 8.25. The number of hydrogen-bond acceptors (Lipinski definition) is 4. The van der Waals surface area contributed by atoms with Crippen LogP contribution >= 0.6 is 0 Å². The van der Waals surface area contributed by atoms with Gasteiger partial charge in [0, 0.05) is 25.6 Å². The summed E-state index contributed by atoms with van der Waals surface area (Å²) < 4.78 is 31.1. The maximum Gasteiger partial charge on any atom is 0.208 e. The summed E-state index contributed by atoms with van der Waals surface area (Å²) in [5.41, 5.74) is 2.61. The molecular formula is C17H26N2O3S. The normalized spacial score (nSPS) is 28.7. The highest BCUT2D eigenvalue weighted by Gasteiger charge is 2.40. The van der Waals surface area contributed by atoms with Crippen molar-refractivity contribution in [2.24, 2.45) is 11.8 Å². The fraction of sp³-hybridized carbons (Fsp3) is 0.647. The first-order chi connectivity index (χ1) is 10.9. The predicted octanol–water partition coefficient (Wildman–Crippen LogP) is 1.38. The van der Waals surface area contributed by atoms with Gasteiger partial charge < -0.3 is 4.74 Å². The summed E-state index contributed by atoms with van der Waals surface area (Å²) in [5, 5.41) is 0. The van der Waals surface area contributed by atoms with Crippen LogP contribution in [0.4, 0.5) is 0 Å². The number of fused-ring (bicyclic) bond motifs is 1. The van der Waals surface area contributed by atoms with E-state index in [0.717, 1.165) is 32.7 Å². The number of piperidine rings is 1. The van der Waals surface area contributed by atoms with Crippen LogP contribution < -0.4 is 4.72 Å². The van der Waals surface area contributed by atoms with Gasteiger partial charge in [-0.05, 0) is 31.4 Å². The van der Waals surface area contributed by atoms with Gasteiger partial charge in [-0.1, -0.05) is 29.8 Å². The van der Waals surface area contributed by atoms with Gasteiger partial charge in [0.15, 0.2) is 0 Å². The van der Waals surface area contributed by atoms with Gasteiger partial charge in [0.1, 0.15) is 0 Å². The van der Waals surface area contributed by atoms with Crippen molar-refractivity contribution in [3.05, 3.63) is 35.4 Å². The second-order valence-electron chi connectivity index (χ2n) is 6.93. The SMILES string of the molecule is Cc1ccc(CN2CC[C@H]3CO[C@H](CNS(C)(=O)=O)[C@H]3C2)cc1. The molecule has 0 unspecified atom stereocenters. The van der Waals surface area contributed by atoms with Crippen LogP contribution in [0.3, 0.4) is 0 Å². The minimum Gasteiger partial charge on any atom is -0.376 e. The summed E-state index contributed by atoms with van der Waals surface area (Å²) >= 11 is 0. The Morgan fingerprint density at radius 3 is 2.74 bits per heavy atom. The Balaban J connectivity index is 1.59. The van der Waals surface area contributed by atoms with Crippen molar-refractivity contribution in [2.45, 2.75) is 26.0 Å². The van der Waals surface area contributed by atoms with Gasteiger partial charge >= 0.3 is 0 Å². The predicted molar refractivity (Wildman–Crippen MR) is 90.6 cm³/mol. The molecule has 2 aliphatic heterocycles. The second kappa shape index (κ2) is 6.89. The van der Waals surface area contributed by atoms with Crippen molar-refractivity contribution < 1.29 is 13.2 Å². The third-order valence-corrected chi connectivity index (χ3v) is 5.66. The summed E-state index contributed by atoms with van der Waals surface area (Å²) in [6.45, 7) is 6.27. The number of rotatable bonds is 5. The lowest BCUT2D eigenvalue weighted by molar-refractivity contribution is 0.0776. The highest BCUT2D eigenvalue weighted by molar-refractivity contribution is 7.88. The number of nitrogens with zero attached hydrogens (tertiary/aromatic N) is 1. The van der Waals surface area contributed by atoms with E-state index in [4.69, 9.17) is 4.74 Å². The second-order valence-corrected chi connectivity index (χ2v) is 8.76. The van der Waals surface area contributed by atoms with Crippen LogP contribution in [0.2, 0.25) is 0 Å². The van der Waals surface area contributed by atoms with Crippen LogP contribution in [0.1, 0.15) is 17.5 Å². The highest BCUT2D eigenvalue weighted by Crippen LogP contribution is 2.34. The Hall–Kier alpha value is -0.950. The zero-order valence-corrected chi connectivity index (χ0v) is 14.7. The van der Waals surface area contributed by atoms with E-state index < -0.39 is 10.0 Å². The molecule has 0 aromatic heterocycles. The van der Waals surface area contributed by atoms with E-state index in [-0.39, 0.29) is 6.10 Å². The van der Waals surface area contributed by atoms with E-state index in [9.17, 15) is 8.42 Å². The average molecular weight is 338 g/mol. The zero-order valence-electron chi connectivity index (χ0n) is 13.9. The van der Waals surface area contributed by atoms with Crippen LogP contribution in [0.15, 0.2) is 24.3 Å². The Kier molecular flexibility index (Phi) is 5.06. The lowest BCUT2D eigenvalue weighted by Crippen LogP contribution is -2.44. The van der Waals surface area contributed by atoms with E-state index >= 15 is 0 Å². The molecule has 1 aromatic carbocycles. The van der Waals surface area contributed by atoms with Crippen LogP contribution in [0, 0.1) is 18.8 Å². The van der Waals surface area contributed by atoms with E-state index in [2.05, 4.69) is 40.8 Å². The molecule has 1 aromatic rings. The van der Waals surface area contributed by atoms with Crippen molar-refractivity contribution in [3.8, 4) is 0 Å². The molecule has 2 heterocycles. The number of sulfonamides is 1. The minimum absolute atomic E-state index is 0.00413. The number of nitrogens with one attached hydrogen (secondary N) is 1. The lowest BCUT2D eigenvalue weighted by Gasteiger charge is -2.36. The van der Waals surface area contributed by atoms with Gasteiger partial charge in [0.05, 0.1) is 19.0 Å². The molecule has 0 saturated carbocycles. The lowest BCUT2D eigenvalue weighted by atomic mass is 9.84. The van der Waals surface area contributed by atoms with Crippen molar-refractivity contribution in [2.75, 3.05) is 32.5 Å². The Morgan fingerprint density at radius 2 is 2.04 bits per heavy atom. The average Bonchev–Trinajstić information content (AvgIpc) is 2.89. The molecule has 6 heteroatoms. The maximum absolute atomic E-state index is 11.3. The Bertz CT molecular complexity index is 630. The van der Waals surface area contributed by atoms with Crippen molar-refractivity contribution in [1.82, 2.24) is 9.62 Å².